The average molecular weight is 145 g/mol. The van der Waals surface area contributed by atoms with Crippen LogP contribution in [0.3, 0.4) is 0 Å². The van der Waals surface area contributed by atoms with Gasteiger partial charge in [0.2, 0.25) is 0 Å². The lowest BCUT2D eigenvalue weighted by atomic mass is 10.3. The van der Waals surface area contributed by atoms with Crippen molar-refractivity contribution in [1.29, 1.82) is 0 Å². The molecular formula is C7H15NS. The van der Waals surface area contributed by atoms with Crippen molar-refractivity contribution in [3.8, 4) is 0 Å². The lowest BCUT2D eigenvalue weighted by molar-refractivity contribution is 0.803. The van der Waals surface area contributed by atoms with Crippen LogP contribution in [-0.4, -0.2) is 11.8 Å². The van der Waals surface area contributed by atoms with E-state index in [0.29, 0.717) is 0 Å². The second-order valence-electron chi connectivity index (χ2n) is 2.89. The highest BCUT2D eigenvalue weighted by Crippen LogP contribution is 2.27. The van der Waals surface area contributed by atoms with E-state index < -0.39 is 0 Å². The third-order valence-electron chi connectivity index (χ3n) is 0.708. The first kappa shape index (κ1) is 8.89. The summed E-state index contributed by atoms with van der Waals surface area (Å²) in [7, 11) is 1.89. The molecule has 0 amide bonds. The van der Waals surface area contributed by atoms with Crippen LogP contribution in [0.4, 0.5) is 0 Å². The van der Waals surface area contributed by atoms with Gasteiger partial charge in [-0.15, -0.1) is 11.8 Å². The molecule has 0 aliphatic rings. The van der Waals surface area contributed by atoms with E-state index in [1.54, 1.807) is 11.8 Å². The van der Waals surface area contributed by atoms with Crippen LogP contribution >= 0.6 is 11.8 Å². The van der Waals surface area contributed by atoms with E-state index >= 15 is 0 Å². The summed E-state index contributed by atoms with van der Waals surface area (Å²) in [4.78, 5) is 0. The number of thioether (sulfide) groups is 1. The SMILES string of the molecule is C=C(NC)SC(C)(C)C. The number of nitrogens with one attached hydrogen (secondary N) is 1. The molecular weight excluding hydrogens is 130 g/mol. The minimum atomic E-state index is 0.278. The van der Waals surface area contributed by atoms with Gasteiger partial charge in [0.25, 0.3) is 0 Å². The molecule has 1 nitrogen and oxygen atoms in total. The summed E-state index contributed by atoms with van der Waals surface area (Å²) in [5, 5.41) is 4.02. The first-order valence-electron chi connectivity index (χ1n) is 3.01. The summed E-state index contributed by atoms with van der Waals surface area (Å²) >= 11 is 1.75. The predicted molar refractivity (Wildman–Crippen MR) is 45.5 cm³/mol. The molecule has 0 aromatic carbocycles. The van der Waals surface area contributed by atoms with Gasteiger partial charge in [-0.05, 0) is 0 Å². The maximum Gasteiger partial charge on any atom is 0.0610 e. The summed E-state index contributed by atoms with van der Waals surface area (Å²) in [5.41, 5.74) is 0. The number of hydrogen-bond acceptors (Lipinski definition) is 2. The Kier molecular flexibility index (Phi) is 3.12. The van der Waals surface area contributed by atoms with E-state index in [1.807, 2.05) is 7.05 Å². The van der Waals surface area contributed by atoms with E-state index in [4.69, 9.17) is 0 Å². The topological polar surface area (TPSA) is 12.0 Å². The van der Waals surface area contributed by atoms with Gasteiger partial charge in [-0.1, -0.05) is 27.4 Å². The highest BCUT2D eigenvalue weighted by atomic mass is 32.2. The third kappa shape index (κ3) is 5.77. The van der Waals surface area contributed by atoms with Crippen LogP contribution in [0, 0.1) is 0 Å². The average Bonchev–Trinajstić information content (AvgIpc) is 1.62. The molecule has 0 fully saturated rings. The molecule has 0 atom stereocenters. The van der Waals surface area contributed by atoms with Crippen molar-refractivity contribution < 1.29 is 0 Å². The molecule has 54 valence electrons. The molecule has 0 spiro atoms. The molecule has 0 radical (unpaired) electrons. The Balaban J connectivity index is 3.60. The first-order chi connectivity index (χ1) is 3.95. The van der Waals surface area contributed by atoms with E-state index in [1.165, 1.54) is 0 Å². The lowest BCUT2D eigenvalue weighted by Gasteiger charge is -2.18. The third-order valence-corrected chi connectivity index (χ3v) is 1.77. The van der Waals surface area contributed by atoms with Crippen LogP contribution < -0.4 is 5.32 Å². The standard InChI is InChI=1S/C7H15NS/c1-6(8-5)9-7(2,3)4/h8H,1H2,2-5H3. The minimum absolute atomic E-state index is 0.278. The number of hydrogen-bond donors (Lipinski definition) is 1. The molecule has 0 bridgehead atoms. The lowest BCUT2D eigenvalue weighted by Crippen LogP contribution is -2.12. The maximum atomic E-state index is 3.81. The van der Waals surface area contributed by atoms with Crippen molar-refractivity contribution in [2.75, 3.05) is 7.05 Å². The van der Waals surface area contributed by atoms with Crippen LogP contribution in [0.5, 0.6) is 0 Å². The Morgan fingerprint density at radius 3 is 2.00 bits per heavy atom. The van der Waals surface area contributed by atoms with Gasteiger partial charge in [-0.25, -0.2) is 0 Å². The fourth-order valence-corrected chi connectivity index (χ4v) is 1.26. The molecule has 0 rings (SSSR count). The number of rotatable bonds is 2. The van der Waals surface area contributed by atoms with Crippen molar-refractivity contribution in [1.82, 2.24) is 5.32 Å². The second-order valence-corrected chi connectivity index (χ2v) is 4.81. The van der Waals surface area contributed by atoms with E-state index in [2.05, 4.69) is 32.7 Å². The van der Waals surface area contributed by atoms with E-state index in [0.717, 1.165) is 5.03 Å². The van der Waals surface area contributed by atoms with Gasteiger partial charge in [0.15, 0.2) is 0 Å². The Morgan fingerprint density at radius 2 is 1.89 bits per heavy atom. The molecule has 0 unspecified atom stereocenters. The summed E-state index contributed by atoms with van der Waals surface area (Å²) in [6.45, 7) is 10.3. The van der Waals surface area contributed by atoms with Gasteiger partial charge in [-0.3, -0.25) is 0 Å². The fraction of sp³-hybridized carbons (Fsp3) is 0.714. The molecule has 0 heterocycles. The van der Waals surface area contributed by atoms with Crippen LogP contribution in [0.25, 0.3) is 0 Å². The molecule has 9 heavy (non-hydrogen) atoms. The van der Waals surface area contributed by atoms with Crippen molar-refractivity contribution in [3.63, 3.8) is 0 Å². The van der Waals surface area contributed by atoms with Crippen LogP contribution in [0.2, 0.25) is 0 Å². The maximum absolute atomic E-state index is 3.81. The van der Waals surface area contributed by atoms with Gasteiger partial charge in [0, 0.05) is 11.8 Å². The summed E-state index contributed by atoms with van der Waals surface area (Å²) < 4.78 is 0.278. The molecule has 1 N–H and O–H groups in total. The zero-order valence-corrected chi connectivity index (χ0v) is 7.43. The molecule has 0 aliphatic heterocycles. The Bertz CT molecular complexity index is 102. The highest BCUT2D eigenvalue weighted by Gasteiger charge is 2.10. The molecule has 0 saturated carbocycles. The molecule has 2 heteroatoms. The van der Waals surface area contributed by atoms with Crippen molar-refractivity contribution in [2.24, 2.45) is 0 Å². The Morgan fingerprint density at radius 1 is 1.44 bits per heavy atom. The van der Waals surface area contributed by atoms with Crippen molar-refractivity contribution in [3.05, 3.63) is 11.6 Å². The summed E-state index contributed by atoms with van der Waals surface area (Å²) in [6.07, 6.45) is 0. The van der Waals surface area contributed by atoms with Gasteiger partial charge < -0.3 is 5.32 Å². The smallest absolute Gasteiger partial charge is 0.0610 e. The molecule has 0 saturated heterocycles. The van der Waals surface area contributed by atoms with E-state index in [9.17, 15) is 0 Å². The van der Waals surface area contributed by atoms with E-state index in [-0.39, 0.29) is 4.75 Å². The largest absolute Gasteiger partial charge is 0.383 e. The second kappa shape index (κ2) is 3.16. The summed E-state index contributed by atoms with van der Waals surface area (Å²) in [6, 6.07) is 0. The van der Waals surface area contributed by atoms with Crippen molar-refractivity contribution >= 4 is 11.8 Å². The molecule has 0 aliphatic carbocycles. The van der Waals surface area contributed by atoms with Gasteiger partial charge >= 0.3 is 0 Å². The van der Waals surface area contributed by atoms with Crippen LogP contribution in [0.15, 0.2) is 11.6 Å². The quantitative estimate of drug-likeness (QED) is 0.639. The fourth-order valence-electron chi connectivity index (χ4n) is 0.421. The Labute approximate surface area is 61.9 Å². The van der Waals surface area contributed by atoms with Gasteiger partial charge in [0.05, 0.1) is 5.03 Å². The summed E-state index contributed by atoms with van der Waals surface area (Å²) in [5.74, 6) is 0. The Hall–Kier alpha value is -0.110. The first-order valence-corrected chi connectivity index (χ1v) is 3.83. The highest BCUT2D eigenvalue weighted by molar-refractivity contribution is 8.04. The monoisotopic (exact) mass is 145 g/mol. The van der Waals surface area contributed by atoms with Crippen LogP contribution in [0.1, 0.15) is 20.8 Å². The van der Waals surface area contributed by atoms with Gasteiger partial charge in [0.1, 0.15) is 0 Å². The normalized spacial score (nSPS) is 11.1. The van der Waals surface area contributed by atoms with Gasteiger partial charge in [-0.2, -0.15) is 0 Å². The predicted octanol–water partition coefficient (Wildman–Crippen LogP) is 2.21. The van der Waals surface area contributed by atoms with Crippen LogP contribution in [-0.2, 0) is 0 Å². The zero-order chi connectivity index (χ0) is 7.49. The minimum Gasteiger partial charge on any atom is -0.383 e. The van der Waals surface area contributed by atoms with Crippen molar-refractivity contribution in [2.45, 2.75) is 25.5 Å². The zero-order valence-electron chi connectivity index (χ0n) is 6.62. The molecule has 0 aromatic rings. The molecule has 0 aromatic heterocycles.